The quantitative estimate of drug-likeness (QED) is 0.324. The summed E-state index contributed by atoms with van der Waals surface area (Å²) < 4.78 is 1.70. The Morgan fingerprint density at radius 2 is 1.64 bits per heavy atom. The number of nitrogens with zero attached hydrogens (tertiary/aromatic N) is 5. The molecule has 4 aromatic rings. The molecule has 0 aliphatic carbocycles. The topological polar surface area (TPSA) is 126 Å². The second-order valence-corrected chi connectivity index (χ2v) is 9.30. The Morgan fingerprint density at radius 3 is 2.31 bits per heavy atom. The Morgan fingerprint density at radius 1 is 0.944 bits per heavy atom. The van der Waals surface area contributed by atoms with Gasteiger partial charge in [0, 0.05) is 49.2 Å². The first-order valence-electron chi connectivity index (χ1n) is 11.8. The molecule has 2 aromatic heterocycles. The van der Waals surface area contributed by atoms with Gasteiger partial charge in [0.2, 0.25) is 5.95 Å². The summed E-state index contributed by atoms with van der Waals surface area (Å²) in [5.74, 6) is 0.352. The Bertz CT molecular complexity index is 1390. The minimum atomic E-state index is -0.738. The molecule has 2 aliphatic rings. The van der Waals surface area contributed by atoms with Gasteiger partial charge in [-0.05, 0) is 47.5 Å². The summed E-state index contributed by atoms with van der Waals surface area (Å²) in [6.07, 6.45) is 0.293. The van der Waals surface area contributed by atoms with E-state index in [1.165, 1.54) is 0 Å². The summed E-state index contributed by atoms with van der Waals surface area (Å²) in [6.45, 7) is 1.69. The van der Waals surface area contributed by atoms with E-state index in [2.05, 4.69) is 15.4 Å². The van der Waals surface area contributed by atoms with Crippen LogP contribution in [0.5, 0.6) is 0 Å². The van der Waals surface area contributed by atoms with Crippen LogP contribution in [0.25, 0.3) is 16.8 Å². The number of likely N-dealkylation sites (tertiary alicyclic amines) is 2. The van der Waals surface area contributed by atoms with Crippen LogP contribution in [-0.4, -0.2) is 84.0 Å². The van der Waals surface area contributed by atoms with Crippen LogP contribution in [0.15, 0.2) is 66.9 Å². The lowest BCUT2D eigenvalue weighted by Crippen LogP contribution is -2.53. The lowest BCUT2D eigenvalue weighted by atomic mass is 10.0. The van der Waals surface area contributed by atoms with E-state index in [0.29, 0.717) is 43.3 Å². The minimum Gasteiger partial charge on any atom is -0.390 e. The number of benzene rings is 2. The van der Waals surface area contributed by atoms with E-state index in [1.54, 1.807) is 26.4 Å². The highest BCUT2D eigenvalue weighted by Gasteiger charge is 2.31. The fourth-order valence-electron chi connectivity index (χ4n) is 4.55. The molecule has 4 N–H and O–H groups in total. The van der Waals surface area contributed by atoms with Gasteiger partial charge >= 0.3 is 0 Å². The number of aliphatic hydroxyl groups is 3. The summed E-state index contributed by atoms with van der Waals surface area (Å²) >= 11 is 0. The Hall–Kier alpha value is -3.83. The van der Waals surface area contributed by atoms with Crippen LogP contribution in [0.4, 0.5) is 11.6 Å². The molecule has 36 heavy (non-hydrogen) atoms. The molecule has 2 aromatic carbocycles. The lowest BCUT2D eigenvalue weighted by Gasteiger charge is -2.39. The molecule has 0 saturated carbocycles. The molecule has 1 amide bonds. The van der Waals surface area contributed by atoms with Crippen molar-refractivity contribution in [3.05, 3.63) is 78.0 Å². The molecule has 2 saturated heterocycles. The standard InChI is InChI=1S/C26H26N6O4/c33-20-12-30(13-20)24(35)17-5-3-16(4-6-17)22-2-1-11-32-23(22)28-26(29-32)27-19-9-7-18(8-10-19)25(36)31-14-21(34)15-31/h1-11,20-21,25,33-34,36H,12-15H2,(H,27,29). The van der Waals surface area contributed by atoms with E-state index in [-0.39, 0.29) is 12.0 Å². The molecule has 10 nitrogen and oxygen atoms in total. The van der Waals surface area contributed by atoms with Gasteiger partial charge in [0.15, 0.2) is 5.65 Å². The number of nitrogens with one attached hydrogen (secondary N) is 1. The molecule has 0 spiro atoms. The smallest absolute Gasteiger partial charge is 0.254 e. The first-order chi connectivity index (χ1) is 17.4. The van der Waals surface area contributed by atoms with Crippen LogP contribution in [0.2, 0.25) is 0 Å². The van der Waals surface area contributed by atoms with Crippen molar-refractivity contribution in [3.8, 4) is 11.1 Å². The molecule has 1 unspecified atom stereocenters. The number of pyridine rings is 1. The number of carbonyl (C=O) groups is 1. The largest absolute Gasteiger partial charge is 0.390 e. The molecular weight excluding hydrogens is 460 g/mol. The Kier molecular flexibility index (Phi) is 5.65. The van der Waals surface area contributed by atoms with Gasteiger partial charge in [0.25, 0.3) is 5.91 Å². The van der Waals surface area contributed by atoms with Crippen LogP contribution in [0.3, 0.4) is 0 Å². The second-order valence-electron chi connectivity index (χ2n) is 9.30. The average Bonchev–Trinajstić information content (AvgIpc) is 3.27. The van der Waals surface area contributed by atoms with E-state index < -0.39 is 12.3 Å². The molecule has 2 aliphatic heterocycles. The molecule has 1 atom stereocenters. The number of hydrogen-bond acceptors (Lipinski definition) is 8. The van der Waals surface area contributed by atoms with Crippen molar-refractivity contribution in [1.82, 2.24) is 24.4 Å². The molecule has 0 radical (unpaired) electrons. The van der Waals surface area contributed by atoms with Gasteiger partial charge in [-0.3, -0.25) is 9.69 Å². The zero-order valence-corrected chi connectivity index (χ0v) is 19.4. The van der Waals surface area contributed by atoms with E-state index in [1.807, 2.05) is 54.7 Å². The maximum Gasteiger partial charge on any atom is 0.254 e. The van der Waals surface area contributed by atoms with Crippen LogP contribution >= 0.6 is 0 Å². The number of carbonyl (C=O) groups excluding carboxylic acids is 1. The Labute approximate surface area is 207 Å². The molecule has 4 heterocycles. The number of β-amino-alcohol motifs (C(OH)–C–C–N with tert-alkyl or cyclic N) is 2. The number of aliphatic hydroxyl groups excluding tert-OH is 3. The normalized spacial score (nSPS) is 17.6. The Balaban J connectivity index is 1.18. The number of anilines is 2. The van der Waals surface area contributed by atoms with Crippen molar-refractivity contribution < 1.29 is 20.1 Å². The lowest BCUT2D eigenvalue weighted by molar-refractivity contribution is -0.101. The third kappa shape index (κ3) is 4.20. The fourth-order valence-corrected chi connectivity index (χ4v) is 4.55. The molecular formula is C26H26N6O4. The maximum absolute atomic E-state index is 12.5. The highest BCUT2D eigenvalue weighted by atomic mass is 16.3. The van der Waals surface area contributed by atoms with Crippen molar-refractivity contribution in [1.29, 1.82) is 0 Å². The van der Waals surface area contributed by atoms with Crippen molar-refractivity contribution in [2.45, 2.75) is 18.4 Å². The molecule has 184 valence electrons. The number of fused-ring (bicyclic) bond motifs is 1. The van der Waals surface area contributed by atoms with Crippen molar-refractivity contribution >= 4 is 23.2 Å². The summed E-state index contributed by atoms with van der Waals surface area (Å²) in [5, 5.41) is 37.0. The van der Waals surface area contributed by atoms with Crippen molar-refractivity contribution in [2.75, 3.05) is 31.5 Å². The monoisotopic (exact) mass is 486 g/mol. The van der Waals surface area contributed by atoms with Gasteiger partial charge in [-0.1, -0.05) is 24.3 Å². The van der Waals surface area contributed by atoms with Crippen molar-refractivity contribution in [3.63, 3.8) is 0 Å². The van der Waals surface area contributed by atoms with Gasteiger partial charge < -0.3 is 25.5 Å². The highest BCUT2D eigenvalue weighted by Crippen LogP contribution is 2.27. The highest BCUT2D eigenvalue weighted by molar-refractivity contribution is 5.95. The number of amides is 1. The SMILES string of the molecule is O=C(c1ccc(-c2cccn3nc(Nc4ccc(C(O)N5CC(O)C5)cc4)nc23)cc1)N1CC(O)C1. The van der Waals surface area contributed by atoms with E-state index >= 15 is 0 Å². The predicted molar refractivity (Wildman–Crippen MR) is 133 cm³/mol. The van der Waals surface area contributed by atoms with Gasteiger partial charge in [0.05, 0.1) is 12.2 Å². The minimum absolute atomic E-state index is 0.0833. The summed E-state index contributed by atoms with van der Waals surface area (Å²) in [7, 11) is 0. The van der Waals surface area contributed by atoms with Gasteiger partial charge in [-0.25, -0.2) is 4.52 Å². The van der Waals surface area contributed by atoms with Gasteiger partial charge in [0.1, 0.15) is 6.23 Å². The van der Waals surface area contributed by atoms with Crippen LogP contribution < -0.4 is 5.32 Å². The summed E-state index contributed by atoms with van der Waals surface area (Å²) in [5.41, 5.74) is 4.59. The fraction of sp³-hybridized carbons (Fsp3) is 0.269. The third-order valence-corrected chi connectivity index (χ3v) is 6.66. The van der Waals surface area contributed by atoms with E-state index in [9.17, 15) is 20.1 Å². The maximum atomic E-state index is 12.5. The van der Waals surface area contributed by atoms with Crippen molar-refractivity contribution in [2.24, 2.45) is 0 Å². The van der Waals surface area contributed by atoms with Crippen LogP contribution in [-0.2, 0) is 0 Å². The number of rotatable bonds is 6. The van der Waals surface area contributed by atoms with E-state index in [0.717, 1.165) is 22.4 Å². The molecule has 0 bridgehead atoms. The second kappa shape index (κ2) is 8.99. The summed E-state index contributed by atoms with van der Waals surface area (Å²) in [6, 6.07) is 18.6. The van der Waals surface area contributed by atoms with Crippen LogP contribution in [0.1, 0.15) is 22.1 Å². The van der Waals surface area contributed by atoms with Gasteiger partial charge in [-0.15, -0.1) is 5.10 Å². The predicted octanol–water partition coefficient (Wildman–Crippen LogP) is 1.62. The van der Waals surface area contributed by atoms with Crippen LogP contribution in [0, 0.1) is 0 Å². The molecule has 6 rings (SSSR count). The first-order valence-corrected chi connectivity index (χ1v) is 11.8. The molecule has 2 fully saturated rings. The summed E-state index contributed by atoms with van der Waals surface area (Å²) in [4.78, 5) is 20.6. The number of hydrogen-bond donors (Lipinski definition) is 4. The number of aromatic nitrogens is 3. The average molecular weight is 487 g/mol. The molecule has 10 heteroatoms. The zero-order chi connectivity index (χ0) is 24.8. The third-order valence-electron chi connectivity index (χ3n) is 6.66. The van der Waals surface area contributed by atoms with E-state index in [4.69, 9.17) is 0 Å². The van der Waals surface area contributed by atoms with Gasteiger partial charge in [-0.2, -0.15) is 4.98 Å². The first kappa shape index (κ1) is 22.6. The zero-order valence-electron chi connectivity index (χ0n) is 19.4.